The lowest BCUT2D eigenvalue weighted by atomic mass is 9.71. The summed E-state index contributed by atoms with van der Waals surface area (Å²) in [6.45, 7) is 2.25. The van der Waals surface area contributed by atoms with Crippen LogP contribution in [0.3, 0.4) is 0 Å². The van der Waals surface area contributed by atoms with E-state index in [1.54, 1.807) is 0 Å². The van der Waals surface area contributed by atoms with Crippen LogP contribution in [-0.2, 0) is 6.61 Å². The average Bonchev–Trinajstić information content (AvgIpc) is 2.04. The first-order valence-corrected chi connectivity index (χ1v) is 3.56. The Labute approximate surface area is 61.9 Å². The molecule has 0 saturated heterocycles. The fraction of sp³-hybridized carbons (Fsp3) is 0.250. The maximum Gasteiger partial charge on any atom is 0.155 e. The molecule has 10 heavy (non-hydrogen) atoms. The standard InChI is InChI=1S/C8H11BO/c1-9-8-5-3-2-4-7(8)6-10/h2-5,9-10H,6H2,1H3. The zero-order chi connectivity index (χ0) is 7.40. The molecule has 0 aliphatic rings. The molecule has 0 aromatic heterocycles. The topological polar surface area (TPSA) is 20.2 Å². The van der Waals surface area contributed by atoms with Gasteiger partial charge < -0.3 is 5.11 Å². The Balaban J connectivity index is 2.96. The molecular weight excluding hydrogens is 123 g/mol. The zero-order valence-electron chi connectivity index (χ0n) is 6.17. The molecule has 0 unspecified atom stereocenters. The van der Waals surface area contributed by atoms with Gasteiger partial charge in [-0.2, -0.15) is 0 Å². The van der Waals surface area contributed by atoms with Crippen molar-refractivity contribution >= 4 is 12.7 Å². The van der Waals surface area contributed by atoms with Crippen molar-refractivity contribution in [3.8, 4) is 0 Å². The maximum atomic E-state index is 8.85. The van der Waals surface area contributed by atoms with Crippen molar-refractivity contribution in [2.75, 3.05) is 0 Å². The van der Waals surface area contributed by atoms with Crippen LogP contribution in [0.2, 0.25) is 6.82 Å². The largest absolute Gasteiger partial charge is 0.392 e. The quantitative estimate of drug-likeness (QED) is 0.576. The smallest absolute Gasteiger partial charge is 0.155 e. The highest BCUT2D eigenvalue weighted by Gasteiger charge is 1.95. The summed E-state index contributed by atoms with van der Waals surface area (Å²) >= 11 is 0. The zero-order valence-corrected chi connectivity index (χ0v) is 6.17. The first kappa shape index (κ1) is 7.35. The Morgan fingerprint density at radius 2 is 2.10 bits per heavy atom. The predicted molar refractivity (Wildman–Crippen MR) is 45.0 cm³/mol. The minimum absolute atomic E-state index is 0.157. The lowest BCUT2D eigenvalue weighted by Gasteiger charge is -2.01. The average molecular weight is 134 g/mol. The molecule has 0 saturated carbocycles. The maximum absolute atomic E-state index is 8.85. The van der Waals surface area contributed by atoms with Gasteiger partial charge in [0.25, 0.3) is 0 Å². The highest BCUT2D eigenvalue weighted by Crippen LogP contribution is 1.93. The van der Waals surface area contributed by atoms with Crippen molar-refractivity contribution < 1.29 is 5.11 Å². The molecule has 1 aromatic carbocycles. The molecule has 0 fully saturated rings. The van der Waals surface area contributed by atoms with E-state index in [4.69, 9.17) is 5.11 Å². The lowest BCUT2D eigenvalue weighted by Crippen LogP contribution is -2.15. The van der Waals surface area contributed by atoms with E-state index in [2.05, 4.69) is 6.82 Å². The van der Waals surface area contributed by atoms with Gasteiger partial charge in [0.15, 0.2) is 7.28 Å². The Morgan fingerprint density at radius 1 is 1.40 bits per heavy atom. The van der Waals surface area contributed by atoms with E-state index in [-0.39, 0.29) is 6.61 Å². The van der Waals surface area contributed by atoms with E-state index < -0.39 is 0 Å². The summed E-state index contributed by atoms with van der Waals surface area (Å²) in [6, 6.07) is 7.95. The fourth-order valence-corrected chi connectivity index (χ4v) is 1.06. The summed E-state index contributed by atoms with van der Waals surface area (Å²) in [7, 11) is 0.997. The number of rotatable bonds is 2. The number of hydrogen-bond acceptors (Lipinski definition) is 1. The van der Waals surface area contributed by atoms with Crippen LogP contribution >= 0.6 is 0 Å². The highest BCUT2D eigenvalue weighted by molar-refractivity contribution is 6.52. The summed E-state index contributed by atoms with van der Waals surface area (Å²) < 4.78 is 0. The van der Waals surface area contributed by atoms with Crippen LogP contribution in [0.5, 0.6) is 0 Å². The van der Waals surface area contributed by atoms with Crippen molar-refractivity contribution in [2.24, 2.45) is 0 Å². The summed E-state index contributed by atoms with van der Waals surface area (Å²) in [5, 5.41) is 8.85. The van der Waals surface area contributed by atoms with E-state index >= 15 is 0 Å². The Bertz CT molecular complexity index is 187. The van der Waals surface area contributed by atoms with Crippen molar-refractivity contribution in [2.45, 2.75) is 13.4 Å². The van der Waals surface area contributed by atoms with E-state index in [1.165, 1.54) is 5.46 Å². The van der Waals surface area contributed by atoms with Crippen LogP contribution in [0.25, 0.3) is 0 Å². The monoisotopic (exact) mass is 134 g/mol. The molecule has 0 spiro atoms. The van der Waals surface area contributed by atoms with Crippen LogP contribution in [-0.4, -0.2) is 12.4 Å². The third kappa shape index (κ3) is 1.39. The Morgan fingerprint density at radius 3 is 2.60 bits per heavy atom. The van der Waals surface area contributed by atoms with Gasteiger partial charge in [-0.25, -0.2) is 0 Å². The van der Waals surface area contributed by atoms with Gasteiger partial charge in [-0.15, -0.1) is 0 Å². The van der Waals surface area contributed by atoms with Gasteiger partial charge in [0.2, 0.25) is 0 Å². The molecule has 0 bridgehead atoms. The highest BCUT2D eigenvalue weighted by atomic mass is 16.3. The van der Waals surface area contributed by atoms with Gasteiger partial charge in [0, 0.05) is 0 Å². The van der Waals surface area contributed by atoms with Crippen molar-refractivity contribution in [1.29, 1.82) is 0 Å². The van der Waals surface area contributed by atoms with Crippen LogP contribution in [0.15, 0.2) is 24.3 Å². The van der Waals surface area contributed by atoms with Gasteiger partial charge in [0.05, 0.1) is 6.61 Å². The summed E-state index contributed by atoms with van der Waals surface area (Å²) in [4.78, 5) is 0. The second kappa shape index (κ2) is 3.42. The minimum atomic E-state index is 0.157. The van der Waals surface area contributed by atoms with Gasteiger partial charge in [-0.05, 0) is 5.56 Å². The summed E-state index contributed by atoms with van der Waals surface area (Å²) in [5.74, 6) is 0. The minimum Gasteiger partial charge on any atom is -0.392 e. The van der Waals surface area contributed by atoms with E-state index in [9.17, 15) is 0 Å². The Hall–Kier alpha value is -0.755. The van der Waals surface area contributed by atoms with Crippen molar-refractivity contribution in [1.82, 2.24) is 0 Å². The van der Waals surface area contributed by atoms with Gasteiger partial charge in [0.1, 0.15) is 0 Å². The van der Waals surface area contributed by atoms with Crippen LogP contribution < -0.4 is 5.46 Å². The second-order valence-electron chi connectivity index (χ2n) is 2.28. The summed E-state index contributed by atoms with van der Waals surface area (Å²) in [5.41, 5.74) is 2.29. The molecule has 0 radical (unpaired) electrons. The number of benzene rings is 1. The molecular formula is C8H11BO. The fourth-order valence-electron chi connectivity index (χ4n) is 1.06. The number of aliphatic hydroxyl groups is 1. The predicted octanol–water partition coefficient (Wildman–Crippen LogP) is 0.289. The van der Waals surface area contributed by atoms with Gasteiger partial charge in [-0.3, -0.25) is 0 Å². The van der Waals surface area contributed by atoms with Crippen LogP contribution in [0.1, 0.15) is 5.56 Å². The van der Waals surface area contributed by atoms with Crippen molar-refractivity contribution in [3.05, 3.63) is 29.8 Å². The molecule has 2 heteroatoms. The molecule has 0 heterocycles. The van der Waals surface area contributed by atoms with E-state index in [0.29, 0.717) is 0 Å². The normalized spacial score (nSPS) is 9.40. The first-order chi connectivity index (χ1) is 4.88. The van der Waals surface area contributed by atoms with E-state index in [0.717, 1.165) is 12.8 Å². The third-order valence-corrected chi connectivity index (χ3v) is 1.67. The lowest BCUT2D eigenvalue weighted by molar-refractivity contribution is 0.283. The second-order valence-corrected chi connectivity index (χ2v) is 2.28. The Kier molecular flexibility index (Phi) is 2.52. The molecule has 52 valence electrons. The molecule has 0 amide bonds. The molecule has 1 nitrogen and oxygen atoms in total. The molecule has 0 aliphatic carbocycles. The first-order valence-electron chi connectivity index (χ1n) is 3.56. The SMILES string of the molecule is CBc1ccccc1CO. The van der Waals surface area contributed by atoms with Gasteiger partial charge >= 0.3 is 0 Å². The number of aliphatic hydroxyl groups excluding tert-OH is 1. The van der Waals surface area contributed by atoms with Crippen LogP contribution in [0.4, 0.5) is 0 Å². The van der Waals surface area contributed by atoms with Crippen molar-refractivity contribution in [3.63, 3.8) is 0 Å². The van der Waals surface area contributed by atoms with Gasteiger partial charge in [-0.1, -0.05) is 36.6 Å². The van der Waals surface area contributed by atoms with E-state index in [1.807, 2.05) is 24.3 Å². The molecule has 1 aromatic rings. The number of hydrogen-bond donors (Lipinski definition) is 1. The molecule has 0 aliphatic heterocycles. The molecule has 0 atom stereocenters. The molecule has 1 rings (SSSR count). The summed E-state index contributed by atoms with van der Waals surface area (Å²) in [6.07, 6.45) is 0. The third-order valence-electron chi connectivity index (χ3n) is 1.67. The molecule has 1 N–H and O–H groups in total. The van der Waals surface area contributed by atoms with Crippen LogP contribution in [0, 0.1) is 0 Å².